The van der Waals surface area contributed by atoms with Gasteiger partial charge in [-0.1, -0.05) is 0 Å². The Hall–Kier alpha value is -0.610. The van der Waals surface area contributed by atoms with E-state index in [4.69, 9.17) is 4.74 Å². The summed E-state index contributed by atoms with van der Waals surface area (Å²) in [4.78, 5) is 11.4. The quantitative estimate of drug-likeness (QED) is 0.639. The molecule has 0 spiro atoms. The average molecular weight is 186 g/mol. The maximum absolute atomic E-state index is 11.4. The molecule has 1 atom stereocenters. The van der Waals surface area contributed by atoms with Crippen LogP contribution >= 0.6 is 0 Å². The van der Waals surface area contributed by atoms with E-state index in [0.717, 1.165) is 12.8 Å². The summed E-state index contributed by atoms with van der Waals surface area (Å²) in [5.74, 6) is -0.153. The Labute approximate surface area is 79.2 Å². The molecular weight excluding hydrogens is 168 g/mol. The minimum Gasteiger partial charge on any atom is -0.468 e. The molecule has 1 aliphatic heterocycles. The number of esters is 1. The number of hydrazine groups is 1. The highest BCUT2D eigenvalue weighted by Crippen LogP contribution is 2.31. The Morgan fingerprint density at radius 1 is 1.62 bits per heavy atom. The van der Waals surface area contributed by atoms with E-state index >= 15 is 0 Å². The number of carbonyl (C=O) groups is 1. The van der Waals surface area contributed by atoms with Gasteiger partial charge in [0.15, 0.2) is 0 Å². The molecule has 0 aromatic carbocycles. The van der Waals surface area contributed by atoms with Crippen LogP contribution < -0.4 is 5.43 Å². The van der Waals surface area contributed by atoms with Crippen LogP contribution in [0.25, 0.3) is 0 Å². The minimum atomic E-state index is -0.153. The van der Waals surface area contributed by atoms with Crippen molar-refractivity contribution in [3.8, 4) is 0 Å². The van der Waals surface area contributed by atoms with E-state index in [-0.39, 0.29) is 17.6 Å². The largest absolute Gasteiger partial charge is 0.468 e. The van der Waals surface area contributed by atoms with E-state index in [0.29, 0.717) is 0 Å². The van der Waals surface area contributed by atoms with Crippen LogP contribution in [0.4, 0.5) is 0 Å². The molecule has 0 aromatic rings. The van der Waals surface area contributed by atoms with Crippen molar-refractivity contribution in [2.24, 2.45) is 0 Å². The lowest BCUT2D eigenvalue weighted by Crippen LogP contribution is -2.52. The summed E-state index contributed by atoms with van der Waals surface area (Å²) in [5.41, 5.74) is 3.09. The number of ether oxygens (including phenoxy) is 1. The topological polar surface area (TPSA) is 41.6 Å². The van der Waals surface area contributed by atoms with E-state index in [9.17, 15) is 4.79 Å². The number of carbonyl (C=O) groups excluding carboxylic acids is 1. The van der Waals surface area contributed by atoms with E-state index in [2.05, 4.69) is 19.3 Å². The van der Waals surface area contributed by atoms with E-state index < -0.39 is 0 Å². The number of hydrogen-bond acceptors (Lipinski definition) is 4. The summed E-state index contributed by atoms with van der Waals surface area (Å²) in [6.07, 6.45) is 1.87. The summed E-state index contributed by atoms with van der Waals surface area (Å²) in [6.45, 7) is 4.24. The second-order valence-corrected chi connectivity index (χ2v) is 3.98. The van der Waals surface area contributed by atoms with Crippen molar-refractivity contribution >= 4 is 5.97 Å². The Morgan fingerprint density at radius 3 is 2.69 bits per heavy atom. The van der Waals surface area contributed by atoms with E-state index in [1.165, 1.54) is 7.11 Å². The molecule has 0 radical (unpaired) electrons. The maximum atomic E-state index is 11.4. The molecule has 1 unspecified atom stereocenters. The number of hydrogen-bond donors (Lipinski definition) is 1. The van der Waals surface area contributed by atoms with E-state index in [1.807, 2.05) is 12.1 Å². The summed E-state index contributed by atoms with van der Waals surface area (Å²) in [7, 11) is 3.27. The third-order valence-electron chi connectivity index (χ3n) is 2.71. The summed E-state index contributed by atoms with van der Waals surface area (Å²) in [5, 5.41) is 1.97. The van der Waals surface area contributed by atoms with Crippen molar-refractivity contribution in [3.63, 3.8) is 0 Å². The molecule has 13 heavy (non-hydrogen) atoms. The Bertz CT molecular complexity index is 204. The third-order valence-corrected chi connectivity index (χ3v) is 2.71. The van der Waals surface area contributed by atoms with Gasteiger partial charge < -0.3 is 4.74 Å². The van der Waals surface area contributed by atoms with Gasteiger partial charge in [-0.05, 0) is 33.7 Å². The molecule has 1 saturated heterocycles. The average Bonchev–Trinajstić information content (AvgIpc) is 2.39. The Morgan fingerprint density at radius 2 is 2.23 bits per heavy atom. The lowest BCUT2D eigenvalue weighted by atomic mass is 10.0. The van der Waals surface area contributed by atoms with Gasteiger partial charge in [0.1, 0.15) is 6.04 Å². The molecule has 0 bridgehead atoms. The monoisotopic (exact) mass is 186 g/mol. The zero-order valence-electron chi connectivity index (χ0n) is 8.76. The van der Waals surface area contributed by atoms with Crippen LogP contribution in [0.3, 0.4) is 0 Å². The normalized spacial score (nSPS) is 27.5. The van der Waals surface area contributed by atoms with Gasteiger partial charge in [0.25, 0.3) is 0 Å². The van der Waals surface area contributed by atoms with Crippen LogP contribution in [-0.4, -0.2) is 36.7 Å². The number of nitrogens with one attached hydrogen (secondary N) is 1. The molecule has 1 N–H and O–H groups in total. The van der Waals surface area contributed by atoms with Crippen LogP contribution in [0.2, 0.25) is 0 Å². The fraction of sp³-hybridized carbons (Fsp3) is 0.889. The van der Waals surface area contributed by atoms with Crippen molar-refractivity contribution in [3.05, 3.63) is 0 Å². The van der Waals surface area contributed by atoms with Crippen LogP contribution in [-0.2, 0) is 9.53 Å². The first-order valence-electron chi connectivity index (χ1n) is 4.57. The second-order valence-electron chi connectivity index (χ2n) is 3.98. The standard InChI is InChI=1S/C9H18N2O2/c1-9(2)6-5-7(8(12)13-4)11(9)10-3/h7,10H,5-6H2,1-4H3. The molecule has 4 heteroatoms. The van der Waals surface area contributed by atoms with E-state index in [1.54, 1.807) is 0 Å². The number of rotatable bonds is 2. The fourth-order valence-corrected chi connectivity index (χ4v) is 1.98. The van der Waals surface area contributed by atoms with Crippen LogP contribution in [0.15, 0.2) is 0 Å². The summed E-state index contributed by atoms with van der Waals surface area (Å²) in [6, 6.07) is -0.134. The van der Waals surface area contributed by atoms with Gasteiger partial charge in [-0.3, -0.25) is 10.2 Å². The fourth-order valence-electron chi connectivity index (χ4n) is 1.98. The van der Waals surface area contributed by atoms with Gasteiger partial charge in [0.2, 0.25) is 0 Å². The van der Waals surface area contributed by atoms with Gasteiger partial charge >= 0.3 is 5.97 Å². The first-order chi connectivity index (χ1) is 6.03. The first-order valence-corrected chi connectivity index (χ1v) is 4.57. The minimum absolute atomic E-state index is 0.0353. The molecule has 0 amide bonds. The smallest absolute Gasteiger partial charge is 0.324 e. The lowest BCUT2D eigenvalue weighted by molar-refractivity contribution is -0.148. The van der Waals surface area contributed by atoms with Crippen molar-refractivity contribution in [1.82, 2.24) is 10.4 Å². The Kier molecular flexibility index (Phi) is 2.93. The molecule has 0 aliphatic carbocycles. The van der Waals surface area contributed by atoms with Gasteiger partial charge in [-0.2, -0.15) is 0 Å². The summed E-state index contributed by atoms with van der Waals surface area (Å²) >= 11 is 0. The lowest BCUT2D eigenvalue weighted by Gasteiger charge is -2.33. The highest BCUT2D eigenvalue weighted by Gasteiger charge is 2.42. The molecule has 1 fully saturated rings. The first kappa shape index (κ1) is 10.5. The van der Waals surface area contributed by atoms with Crippen LogP contribution in [0, 0.1) is 0 Å². The molecule has 1 aliphatic rings. The molecule has 4 nitrogen and oxygen atoms in total. The van der Waals surface area contributed by atoms with Gasteiger partial charge in [0, 0.05) is 5.54 Å². The predicted molar refractivity (Wildman–Crippen MR) is 50.0 cm³/mol. The molecule has 76 valence electrons. The van der Waals surface area contributed by atoms with Crippen molar-refractivity contribution in [2.45, 2.75) is 38.3 Å². The number of nitrogens with zero attached hydrogens (tertiary/aromatic N) is 1. The zero-order valence-corrected chi connectivity index (χ0v) is 8.76. The van der Waals surface area contributed by atoms with Crippen molar-refractivity contribution in [1.29, 1.82) is 0 Å². The zero-order chi connectivity index (χ0) is 10.1. The van der Waals surface area contributed by atoms with Gasteiger partial charge in [-0.25, -0.2) is 5.01 Å². The van der Waals surface area contributed by atoms with Gasteiger partial charge in [0.05, 0.1) is 7.11 Å². The second kappa shape index (κ2) is 3.64. The third kappa shape index (κ3) is 1.84. The van der Waals surface area contributed by atoms with Crippen LogP contribution in [0.1, 0.15) is 26.7 Å². The van der Waals surface area contributed by atoms with Crippen LogP contribution in [0.5, 0.6) is 0 Å². The molecular formula is C9H18N2O2. The molecule has 1 rings (SSSR count). The Balaban J connectivity index is 2.74. The summed E-state index contributed by atoms with van der Waals surface area (Å²) < 4.78 is 4.74. The predicted octanol–water partition coefficient (Wildman–Crippen LogP) is 0.537. The highest BCUT2D eigenvalue weighted by molar-refractivity contribution is 5.76. The molecule has 1 heterocycles. The number of methoxy groups -OCH3 is 1. The highest BCUT2D eigenvalue weighted by atomic mass is 16.5. The molecule has 0 aromatic heterocycles. The van der Waals surface area contributed by atoms with Gasteiger partial charge in [-0.15, -0.1) is 0 Å². The maximum Gasteiger partial charge on any atom is 0.324 e. The SMILES string of the molecule is CNN1C(C(=O)OC)CCC1(C)C. The van der Waals surface area contributed by atoms with Crippen molar-refractivity contribution < 1.29 is 9.53 Å². The molecule has 0 saturated carbocycles. The van der Waals surface area contributed by atoms with Crippen molar-refractivity contribution in [2.75, 3.05) is 14.2 Å².